The quantitative estimate of drug-likeness (QED) is 0.257. The number of rotatable bonds is 7. The fourth-order valence-electron chi connectivity index (χ4n) is 3.38. The largest absolute Gasteiger partial charge is 0.489 e. The molecule has 6 heteroatoms. The van der Waals surface area contributed by atoms with E-state index in [2.05, 4.69) is 11.1 Å². The molecule has 33 heavy (non-hydrogen) atoms. The number of nitriles is 1. The fraction of sp³-hybridized carbons (Fsp3) is 0.0370. The summed E-state index contributed by atoms with van der Waals surface area (Å²) in [6, 6.07) is 26.7. The number of furan rings is 3. The first-order chi connectivity index (χ1) is 16.3. The van der Waals surface area contributed by atoms with E-state index < -0.39 is 0 Å². The summed E-state index contributed by atoms with van der Waals surface area (Å²) in [4.78, 5) is 4.43. The Hall–Kier alpha value is -4.76. The van der Waals surface area contributed by atoms with Gasteiger partial charge in [0.05, 0.1) is 18.1 Å². The Morgan fingerprint density at radius 3 is 2.24 bits per heavy atom. The molecule has 0 unspecified atom stereocenters. The van der Waals surface area contributed by atoms with E-state index in [9.17, 15) is 5.26 Å². The summed E-state index contributed by atoms with van der Waals surface area (Å²) < 4.78 is 22.8. The second-order valence-electron chi connectivity index (χ2n) is 7.15. The first-order valence-electron chi connectivity index (χ1n) is 10.3. The van der Waals surface area contributed by atoms with Gasteiger partial charge in [-0.05, 0) is 59.7 Å². The Bertz CT molecular complexity index is 1390. The van der Waals surface area contributed by atoms with Crippen molar-refractivity contribution in [1.29, 1.82) is 5.26 Å². The first-order valence-corrected chi connectivity index (χ1v) is 10.3. The molecule has 0 N–H and O–H groups in total. The summed E-state index contributed by atoms with van der Waals surface area (Å²) >= 11 is 0. The van der Waals surface area contributed by atoms with Gasteiger partial charge in [0.2, 0.25) is 5.88 Å². The van der Waals surface area contributed by atoms with Crippen LogP contribution in [0, 0.1) is 11.3 Å². The molecule has 0 spiro atoms. The van der Waals surface area contributed by atoms with Crippen molar-refractivity contribution in [3.05, 3.63) is 108 Å². The fourth-order valence-corrected chi connectivity index (χ4v) is 3.38. The molecule has 0 atom stereocenters. The molecule has 0 aliphatic heterocycles. The van der Waals surface area contributed by atoms with Gasteiger partial charge in [0.15, 0.2) is 11.5 Å². The summed E-state index contributed by atoms with van der Waals surface area (Å²) in [5, 5.41) is 9.82. The second-order valence-corrected chi connectivity index (χ2v) is 7.15. The molecular weight excluding hydrogens is 416 g/mol. The van der Waals surface area contributed by atoms with E-state index in [-0.39, 0.29) is 11.4 Å². The number of nitrogens with zero attached hydrogens (tertiary/aromatic N) is 2. The third-order valence-corrected chi connectivity index (χ3v) is 4.97. The smallest absolute Gasteiger partial charge is 0.238 e. The Morgan fingerprint density at radius 1 is 0.848 bits per heavy atom. The van der Waals surface area contributed by atoms with Gasteiger partial charge in [-0.2, -0.15) is 5.26 Å². The summed E-state index contributed by atoms with van der Waals surface area (Å²) in [5.74, 6) is 2.32. The number of hydrogen-bond acceptors (Lipinski definition) is 6. The standard InChI is InChI=1S/C27H18N2O4/c28-16-22-25(23-8-4-14-30-23)26(24-9-5-15-31-24)33-27(22)29-17-19-10-12-21(13-11-19)32-18-20-6-2-1-3-7-20/h1-15,17H,18H2. The molecule has 0 amide bonds. The minimum atomic E-state index is 0.180. The molecule has 0 aliphatic carbocycles. The number of aliphatic imine (C=N–C) groups is 1. The van der Waals surface area contributed by atoms with E-state index in [1.807, 2.05) is 54.6 Å². The maximum Gasteiger partial charge on any atom is 0.238 e. The summed E-state index contributed by atoms with van der Waals surface area (Å²) in [5.41, 5.74) is 2.72. The zero-order chi connectivity index (χ0) is 22.5. The van der Waals surface area contributed by atoms with E-state index in [0.717, 1.165) is 16.9 Å². The van der Waals surface area contributed by atoms with Crippen LogP contribution >= 0.6 is 0 Å². The predicted octanol–water partition coefficient (Wildman–Crippen LogP) is 7.00. The number of benzene rings is 2. The predicted molar refractivity (Wildman–Crippen MR) is 123 cm³/mol. The molecule has 6 nitrogen and oxygen atoms in total. The molecule has 0 radical (unpaired) electrons. The lowest BCUT2D eigenvalue weighted by atomic mass is 10.1. The third kappa shape index (κ3) is 4.34. The molecule has 0 saturated carbocycles. The molecule has 0 saturated heterocycles. The van der Waals surface area contributed by atoms with Crippen LogP contribution in [0.15, 0.2) is 110 Å². The first kappa shape index (κ1) is 20.2. The Balaban J connectivity index is 1.39. The summed E-state index contributed by atoms with van der Waals surface area (Å²) in [6.45, 7) is 0.497. The van der Waals surface area contributed by atoms with Gasteiger partial charge in [-0.1, -0.05) is 30.3 Å². The van der Waals surface area contributed by atoms with Crippen LogP contribution in [0.1, 0.15) is 16.7 Å². The molecule has 5 aromatic rings. The van der Waals surface area contributed by atoms with Gasteiger partial charge in [0.25, 0.3) is 0 Å². The average Bonchev–Trinajstić information content (AvgIpc) is 3.63. The lowest BCUT2D eigenvalue weighted by Gasteiger charge is -2.06. The Labute approximate surface area is 190 Å². The molecule has 2 aromatic carbocycles. The zero-order valence-electron chi connectivity index (χ0n) is 17.5. The van der Waals surface area contributed by atoms with Crippen LogP contribution < -0.4 is 4.74 Å². The monoisotopic (exact) mass is 434 g/mol. The highest BCUT2D eigenvalue weighted by Gasteiger charge is 2.25. The van der Waals surface area contributed by atoms with Crippen LogP contribution in [0.4, 0.5) is 5.88 Å². The van der Waals surface area contributed by atoms with Crippen LogP contribution in [0.2, 0.25) is 0 Å². The third-order valence-electron chi connectivity index (χ3n) is 4.97. The summed E-state index contributed by atoms with van der Waals surface area (Å²) in [7, 11) is 0. The highest BCUT2D eigenvalue weighted by atomic mass is 16.5. The van der Waals surface area contributed by atoms with Crippen LogP contribution in [0.25, 0.3) is 22.8 Å². The van der Waals surface area contributed by atoms with E-state index in [4.69, 9.17) is 18.0 Å². The number of hydrogen-bond donors (Lipinski definition) is 0. The van der Waals surface area contributed by atoms with Gasteiger partial charge in [-0.25, -0.2) is 4.99 Å². The van der Waals surface area contributed by atoms with Gasteiger partial charge >= 0.3 is 0 Å². The highest BCUT2D eigenvalue weighted by molar-refractivity contribution is 5.87. The molecule has 3 heterocycles. The maximum atomic E-state index is 9.82. The number of ether oxygens (including phenoxy) is 1. The van der Waals surface area contributed by atoms with E-state index >= 15 is 0 Å². The van der Waals surface area contributed by atoms with Crippen molar-refractivity contribution >= 4 is 12.1 Å². The maximum absolute atomic E-state index is 9.82. The average molecular weight is 434 g/mol. The Kier molecular flexibility index (Phi) is 5.60. The molecule has 3 aromatic heterocycles. The van der Waals surface area contributed by atoms with Crippen molar-refractivity contribution in [2.75, 3.05) is 0 Å². The molecular formula is C27H18N2O4. The highest BCUT2D eigenvalue weighted by Crippen LogP contribution is 2.42. The van der Waals surface area contributed by atoms with Crippen LogP contribution in [-0.2, 0) is 6.61 Å². The summed E-state index contributed by atoms with van der Waals surface area (Å²) in [6.07, 6.45) is 4.72. The molecule has 0 bridgehead atoms. The molecule has 0 aliphatic rings. The Morgan fingerprint density at radius 2 is 1.58 bits per heavy atom. The van der Waals surface area contributed by atoms with E-state index in [0.29, 0.717) is 29.5 Å². The minimum absolute atomic E-state index is 0.180. The lowest BCUT2D eigenvalue weighted by molar-refractivity contribution is 0.306. The topological polar surface area (TPSA) is 84.8 Å². The minimum Gasteiger partial charge on any atom is -0.489 e. The normalized spacial score (nSPS) is 11.0. The van der Waals surface area contributed by atoms with Gasteiger partial charge < -0.3 is 18.0 Å². The van der Waals surface area contributed by atoms with Crippen LogP contribution in [0.5, 0.6) is 5.75 Å². The molecule has 0 fully saturated rings. The molecule has 5 rings (SSSR count). The van der Waals surface area contributed by atoms with Crippen molar-refractivity contribution < 1.29 is 18.0 Å². The van der Waals surface area contributed by atoms with Crippen molar-refractivity contribution in [3.8, 4) is 34.7 Å². The van der Waals surface area contributed by atoms with Crippen molar-refractivity contribution in [2.45, 2.75) is 6.61 Å². The SMILES string of the molecule is N#Cc1c(N=Cc2ccc(OCc3ccccc3)cc2)oc(-c2ccco2)c1-c1ccco1. The van der Waals surface area contributed by atoms with Crippen LogP contribution in [0.3, 0.4) is 0 Å². The van der Waals surface area contributed by atoms with Crippen LogP contribution in [-0.4, -0.2) is 6.21 Å². The van der Waals surface area contributed by atoms with E-state index in [1.165, 1.54) is 0 Å². The van der Waals surface area contributed by atoms with Crippen molar-refractivity contribution in [3.63, 3.8) is 0 Å². The lowest BCUT2D eigenvalue weighted by Crippen LogP contribution is -1.94. The van der Waals surface area contributed by atoms with Gasteiger partial charge in [-0.15, -0.1) is 0 Å². The molecule has 160 valence electrons. The van der Waals surface area contributed by atoms with Gasteiger partial charge in [-0.3, -0.25) is 0 Å². The van der Waals surface area contributed by atoms with E-state index in [1.54, 1.807) is 43.0 Å². The second kappa shape index (κ2) is 9.16. The zero-order valence-corrected chi connectivity index (χ0v) is 17.5. The van der Waals surface area contributed by atoms with Gasteiger partial charge in [0.1, 0.15) is 29.7 Å². The van der Waals surface area contributed by atoms with Gasteiger partial charge in [0, 0.05) is 6.21 Å². The van der Waals surface area contributed by atoms with Crippen molar-refractivity contribution in [2.24, 2.45) is 4.99 Å². The van der Waals surface area contributed by atoms with Crippen molar-refractivity contribution in [1.82, 2.24) is 0 Å².